The Morgan fingerprint density at radius 1 is 1.15 bits per heavy atom. The van der Waals surface area contributed by atoms with E-state index in [0.717, 1.165) is 49.1 Å². The molecule has 1 unspecified atom stereocenters. The van der Waals surface area contributed by atoms with Crippen LogP contribution in [0.3, 0.4) is 0 Å². The van der Waals surface area contributed by atoms with Crippen LogP contribution in [0.1, 0.15) is 72.6 Å². The molecule has 1 amide bonds. The predicted molar refractivity (Wildman–Crippen MR) is 153 cm³/mol. The molecule has 8 nitrogen and oxygen atoms in total. The number of hydrogen-bond donors (Lipinski definition) is 3. The molecule has 1 aromatic heterocycles. The molecule has 0 saturated heterocycles. The van der Waals surface area contributed by atoms with Gasteiger partial charge in [-0.25, -0.2) is 0 Å². The van der Waals surface area contributed by atoms with Gasteiger partial charge in [0, 0.05) is 65.9 Å². The lowest BCUT2D eigenvalue weighted by atomic mass is 9.80. The summed E-state index contributed by atoms with van der Waals surface area (Å²) < 4.78 is 18.2. The number of H-pyrrole nitrogens is 1. The Kier molecular flexibility index (Phi) is 8.25. The molecule has 39 heavy (non-hydrogen) atoms. The number of halogens is 1. The Labute approximate surface area is 238 Å². The molecule has 212 valence electrons. The van der Waals surface area contributed by atoms with Gasteiger partial charge in [0.25, 0.3) is 17.3 Å². The van der Waals surface area contributed by atoms with Crippen LogP contribution in [0.15, 0.2) is 21.8 Å². The molecule has 3 N–H and O–H groups in total. The number of rotatable bonds is 8. The Balaban J connectivity index is 1.24. The van der Waals surface area contributed by atoms with Crippen LogP contribution in [0.25, 0.3) is 0 Å². The molecular weight excluding hydrogens is 538 g/mol. The zero-order valence-corrected chi connectivity index (χ0v) is 24.8. The van der Waals surface area contributed by atoms with E-state index in [1.807, 2.05) is 33.1 Å². The molecule has 3 aliphatic rings. The van der Waals surface area contributed by atoms with E-state index < -0.39 is 5.79 Å². The summed E-state index contributed by atoms with van der Waals surface area (Å²) in [7, 11) is 1.78. The van der Waals surface area contributed by atoms with Crippen molar-refractivity contribution >= 4 is 29.3 Å². The summed E-state index contributed by atoms with van der Waals surface area (Å²) in [4.78, 5) is 29.4. The van der Waals surface area contributed by atoms with Gasteiger partial charge in [-0.3, -0.25) is 9.59 Å². The highest BCUT2D eigenvalue weighted by atomic mass is 35.5. The third kappa shape index (κ3) is 5.69. The molecule has 0 bridgehead atoms. The summed E-state index contributed by atoms with van der Waals surface area (Å²) >= 11 is 8.10. The fraction of sp³-hybridized carbons (Fsp3) is 0.586. The number of methoxy groups -OCH3 is 1. The van der Waals surface area contributed by atoms with Gasteiger partial charge < -0.3 is 29.8 Å². The summed E-state index contributed by atoms with van der Waals surface area (Å²) in [5.41, 5.74) is 2.19. The second kappa shape index (κ2) is 11.4. The number of fused-ring (bicyclic) bond motifs is 1. The van der Waals surface area contributed by atoms with Gasteiger partial charge in [-0.1, -0.05) is 11.6 Å². The maximum atomic E-state index is 13.2. The number of hydrogen-bond acceptors (Lipinski definition) is 7. The van der Waals surface area contributed by atoms with Crippen LogP contribution in [-0.2, 0) is 11.3 Å². The van der Waals surface area contributed by atoms with Crippen LogP contribution in [0, 0.1) is 19.8 Å². The lowest BCUT2D eigenvalue weighted by Crippen LogP contribution is -2.52. The topological polar surface area (TPSA) is 102 Å². The van der Waals surface area contributed by atoms with Crippen molar-refractivity contribution in [2.24, 2.45) is 5.92 Å². The van der Waals surface area contributed by atoms with Crippen molar-refractivity contribution in [1.29, 1.82) is 0 Å². The molecule has 2 aliphatic carbocycles. The standard InChI is InChI=1S/C29H38ClN3O5S/c1-15-10-24(39-5)22(28(35)32-15)14-31-27(34)21-13-23(30)26-25(16(21)2)37-29(3,38-26)17-6-8-18(9-7-17)33-19-11-20(12-19)36-4/h10,13,17-20,33H,6-9,11-12,14H2,1-5H3,(H,31,34)(H,32,35). The molecule has 2 aromatic rings. The maximum absolute atomic E-state index is 13.2. The Morgan fingerprint density at radius 3 is 2.51 bits per heavy atom. The molecular formula is C29H38ClN3O5S. The highest BCUT2D eigenvalue weighted by Crippen LogP contribution is 2.51. The molecule has 10 heteroatoms. The van der Waals surface area contributed by atoms with E-state index in [1.54, 1.807) is 13.2 Å². The van der Waals surface area contributed by atoms with E-state index in [0.29, 0.717) is 51.4 Å². The van der Waals surface area contributed by atoms with Gasteiger partial charge in [0.05, 0.1) is 11.1 Å². The minimum absolute atomic E-state index is 0.109. The Bertz CT molecular complexity index is 1300. The summed E-state index contributed by atoms with van der Waals surface area (Å²) in [5, 5.41) is 7.02. The number of aryl methyl sites for hydroxylation is 1. The third-order valence-corrected chi connectivity index (χ3v) is 9.62. The maximum Gasteiger partial charge on any atom is 0.254 e. The molecule has 1 aliphatic heterocycles. The lowest BCUT2D eigenvalue weighted by Gasteiger charge is -2.41. The number of amides is 1. The summed E-state index contributed by atoms with van der Waals surface area (Å²) in [6.07, 6.45) is 8.57. The van der Waals surface area contributed by atoms with E-state index in [1.165, 1.54) is 11.8 Å². The predicted octanol–water partition coefficient (Wildman–Crippen LogP) is 5.11. The summed E-state index contributed by atoms with van der Waals surface area (Å²) in [6.45, 7) is 5.77. The second-order valence-corrected chi connectivity index (χ2v) is 12.4. The van der Waals surface area contributed by atoms with Crippen molar-refractivity contribution in [1.82, 2.24) is 15.6 Å². The van der Waals surface area contributed by atoms with Gasteiger partial charge >= 0.3 is 0 Å². The first-order valence-electron chi connectivity index (χ1n) is 13.7. The monoisotopic (exact) mass is 575 g/mol. The normalized spacial score (nSPS) is 27.7. The van der Waals surface area contributed by atoms with Crippen molar-refractivity contribution in [3.63, 3.8) is 0 Å². The van der Waals surface area contributed by atoms with Crippen molar-refractivity contribution in [3.05, 3.63) is 49.9 Å². The van der Waals surface area contributed by atoms with Crippen LogP contribution in [0.2, 0.25) is 5.02 Å². The van der Waals surface area contributed by atoms with Crippen LogP contribution in [-0.4, -0.2) is 48.2 Å². The fourth-order valence-electron chi connectivity index (χ4n) is 6.06. The van der Waals surface area contributed by atoms with E-state index >= 15 is 0 Å². The minimum Gasteiger partial charge on any atom is -0.448 e. The van der Waals surface area contributed by atoms with Gasteiger partial charge in [0.1, 0.15) is 0 Å². The zero-order valence-electron chi connectivity index (χ0n) is 23.2. The first kappa shape index (κ1) is 28.3. The van der Waals surface area contributed by atoms with Crippen LogP contribution in [0.4, 0.5) is 0 Å². The van der Waals surface area contributed by atoms with E-state index in [4.69, 9.17) is 25.8 Å². The summed E-state index contributed by atoms with van der Waals surface area (Å²) in [6, 6.07) is 4.59. The summed E-state index contributed by atoms with van der Waals surface area (Å²) in [5.74, 6) is 0.0695. The number of carbonyl (C=O) groups excluding carboxylic acids is 1. The Hall–Kier alpha value is -2.20. The number of thioether (sulfide) groups is 1. The number of ether oxygens (including phenoxy) is 3. The first-order chi connectivity index (χ1) is 18.6. The molecule has 0 spiro atoms. The largest absolute Gasteiger partial charge is 0.448 e. The molecule has 0 radical (unpaired) electrons. The highest BCUT2D eigenvalue weighted by Gasteiger charge is 2.47. The van der Waals surface area contributed by atoms with Gasteiger partial charge in [-0.05, 0) is 70.8 Å². The van der Waals surface area contributed by atoms with Crippen molar-refractivity contribution in [2.75, 3.05) is 13.4 Å². The van der Waals surface area contributed by atoms with E-state index in [-0.39, 0.29) is 23.9 Å². The van der Waals surface area contributed by atoms with Gasteiger partial charge in [0.2, 0.25) is 0 Å². The van der Waals surface area contributed by atoms with E-state index in [2.05, 4.69) is 15.6 Å². The molecule has 1 aromatic carbocycles. The first-order valence-corrected chi connectivity index (χ1v) is 15.3. The van der Waals surface area contributed by atoms with Crippen molar-refractivity contribution in [2.45, 2.75) is 94.7 Å². The Morgan fingerprint density at radius 2 is 1.85 bits per heavy atom. The van der Waals surface area contributed by atoms with Crippen LogP contribution >= 0.6 is 23.4 Å². The third-order valence-electron chi connectivity index (χ3n) is 8.54. The number of nitrogens with one attached hydrogen (secondary N) is 3. The van der Waals surface area contributed by atoms with Gasteiger partial charge in [0.15, 0.2) is 11.5 Å². The van der Waals surface area contributed by atoms with Crippen molar-refractivity contribution < 1.29 is 19.0 Å². The van der Waals surface area contributed by atoms with Crippen LogP contribution in [0.5, 0.6) is 11.5 Å². The van der Waals surface area contributed by atoms with Gasteiger partial charge in [-0.2, -0.15) is 0 Å². The SMILES string of the molecule is COC1CC(NC2CCC(C3(C)Oc4c(Cl)cc(C(=O)NCc5c(SC)cc(C)[nH]c5=O)c(C)c4O3)CC2)C1. The quantitative estimate of drug-likeness (QED) is 0.376. The van der Waals surface area contributed by atoms with Crippen LogP contribution < -0.4 is 25.7 Å². The van der Waals surface area contributed by atoms with E-state index in [9.17, 15) is 9.59 Å². The molecule has 2 heterocycles. The molecule has 2 fully saturated rings. The highest BCUT2D eigenvalue weighted by molar-refractivity contribution is 7.98. The number of aromatic nitrogens is 1. The fourth-order valence-corrected chi connectivity index (χ4v) is 7.00. The second-order valence-electron chi connectivity index (χ2n) is 11.2. The minimum atomic E-state index is -0.836. The number of benzene rings is 1. The zero-order chi connectivity index (χ0) is 27.9. The number of pyridine rings is 1. The average molecular weight is 576 g/mol. The average Bonchev–Trinajstić information content (AvgIpc) is 3.27. The van der Waals surface area contributed by atoms with Gasteiger partial charge in [-0.15, -0.1) is 11.8 Å². The molecule has 2 saturated carbocycles. The smallest absolute Gasteiger partial charge is 0.254 e. The molecule has 1 atom stereocenters. The van der Waals surface area contributed by atoms with Crippen molar-refractivity contribution in [3.8, 4) is 11.5 Å². The molecule has 5 rings (SSSR count). The number of carbonyl (C=O) groups is 1. The number of aromatic amines is 1. The lowest BCUT2D eigenvalue weighted by molar-refractivity contribution is -0.122.